The molecule has 2 aliphatic rings. The molecule has 0 spiro atoms. The number of nitrogens with zero attached hydrogens (tertiary/aromatic N) is 2. The van der Waals surface area contributed by atoms with Gasteiger partial charge in [0.2, 0.25) is 10.0 Å². The summed E-state index contributed by atoms with van der Waals surface area (Å²) in [6.07, 6.45) is -0.677. The molecule has 0 aliphatic carbocycles. The van der Waals surface area contributed by atoms with Gasteiger partial charge in [-0.25, -0.2) is 30.7 Å². The van der Waals surface area contributed by atoms with Crippen molar-refractivity contribution >= 4 is 15.9 Å². The van der Waals surface area contributed by atoms with Crippen molar-refractivity contribution in [2.75, 3.05) is 18.9 Å². The summed E-state index contributed by atoms with van der Waals surface area (Å²) in [7, 11) is -4.02. The minimum absolute atomic E-state index is 0.148. The third kappa shape index (κ3) is 5.08. The number of rotatable bonds is 7. The molecule has 1 aromatic heterocycles. The Balaban J connectivity index is 1.68. The van der Waals surface area contributed by atoms with E-state index in [-0.39, 0.29) is 23.4 Å². The van der Waals surface area contributed by atoms with E-state index in [9.17, 15) is 30.8 Å². The number of ether oxygens (including phenoxy) is 1. The summed E-state index contributed by atoms with van der Waals surface area (Å²) in [4.78, 5) is 18.1. The first-order valence-electron chi connectivity index (χ1n) is 10.7. The van der Waals surface area contributed by atoms with Crippen LogP contribution in [0.15, 0.2) is 36.4 Å². The van der Waals surface area contributed by atoms with Gasteiger partial charge in [-0.05, 0) is 31.2 Å². The van der Waals surface area contributed by atoms with Crippen LogP contribution in [0.4, 0.5) is 17.6 Å². The highest BCUT2D eigenvalue weighted by molar-refractivity contribution is 7.89. The summed E-state index contributed by atoms with van der Waals surface area (Å²) in [5, 5.41) is 0. The fraction of sp³-hybridized carbons (Fsp3) is 0.455. The van der Waals surface area contributed by atoms with Crippen molar-refractivity contribution in [2.24, 2.45) is 0 Å². The highest BCUT2D eigenvalue weighted by Crippen LogP contribution is 2.36. The topological polar surface area (TPSA) is 88.6 Å². The summed E-state index contributed by atoms with van der Waals surface area (Å²) in [6.45, 7) is 0.686. The molecule has 1 aromatic carbocycles. The number of pyridine rings is 1. The van der Waals surface area contributed by atoms with Crippen molar-refractivity contribution in [2.45, 2.75) is 43.9 Å². The first kappa shape index (κ1) is 24.6. The molecule has 3 heterocycles. The lowest BCUT2D eigenvalue weighted by Crippen LogP contribution is -2.54. The van der Waals surface area contributed by atoms with Crippen molar-refractivity contribution in [1.29, 1.82) is 0 Å². The van der Waals surface area contributed by atoms with Gasteiger partial charge >= 0.3 is 0 Å². The number of halogens is 4. The van der Waals surface area contributed by atoms with E-state index in [1.165, 1.54) is 19.1 Å². The van der Waals surface area contributed by atoms with Crippen LogP contribution in [0.3, 0.4) is 0 Å². The molecule has 0 saturated carbocycles. The van der Waals surface area contributed by atoms with Crippen LogP contribution in [-0.2, 0) is 26.0 Å². The number of hydrogen-bond acceptors (Lipinski definition) is 5. The molecule has 0 radical (unpaired) electrons. The Bertz CT molecular complexity index is 1170. The molecular weight excluding hydrogens is 478 g/mol. The molecule has 0 bridgehead atoms. The largest absolute Gasteiger partial charge is 0.368 e. The van der Waals surface area contributed by atoms with Gasteiger partial charge in [0.05, 0.1) is 30.6 Å². The molecule has 1 unspecified atom stereocenters. The molecule has 7 nitrogen and oxygen atoms in total. The zero-order chi connectivity index (χ0) is 24.7. The van der Waals surface area contributed by atoms with E-state index in [0.29, 0.717) is 19.1 Å². The Labute approximate surface area is 194 Å². The molecule has 1 amide bonds. The van der Waals surface area contributed by atoms with Crippen LogP contribution in [-0.4, -0.2) is 67.2 Å². The maximum absolute atomic E-state index is 15.0. The van der Waals surface area contributed by atoms with Crippen LogP contribution in [0.25, 0.3) is 11.3 Å². The Kier molecular flexibility index (Phi) is 6.67. The Hall–Kier alpha value is -2.57. The first-order valence-corrected chi connectivity index (χ1v) is 12.4. The maximum Gasteiger partial charge on any atom is 0.283 e. The summed E-state index contributed by atoms with van der Waals surface area (Å²) in [6, 6.07) is 4.32. The van der Waals surface area contributed by atoms with Crippen molar-refractivity contribution in [3.8, 4) is 11.3 Å². The number of carbonyl (C=O) groups is 1. The van der Waals surface area contributed by atoms with Gasteiger partial charge in [-0.1, -0.05) is 6.07 Å². The van der Waals surface area contributed by atoms with Gasteiger partial charge < -0.3 is 9.64 Å². The standard InChI is InChI=1S/C22H23F4N3O4S/c1-2-34(31,32)28-20-18(29(12-22(20,25)26)21(30)19-6-7-33-19)11-16-4-3-5-17(27-16)13-8-14(23)10-15(24)9-13/h3-5,8-10,18-20,28H,2,6-7,11-12H2,1H3/t18-,19?,20+/m0/s1. The monoisotopic (exact) mass is 501 g/mol. The third-order valence-electron chi connectivity index (χ3n) is 5.95. The summed E-state index contributed by atoms with van der Waals surface area (Å²) in [5.41, 5.74) is 0.597. The molecule has 34 heavy (non-hydrogen) atoms. The van der Waals surface area contributed by atoms with Crippen LogP contribution >= 0.6 is 0 Å². The van der Waals surface area contributed by atoms with Crippen LogP contribution in [0, 0.1) is 11.6 Å². The second-order valence-corrected chi connectivity index (χ2v) is 10.4. The number of amides is 1. The lowest BCUT2D eigenvalue weighted by Gasteiger charge is -2.33. The maximum atomic E-state index is 15.0. The summed E-state index contributed by atoms with van der Waals surface area (Å²) >= 11 is 0. The van der Waals surface area contributed by atoms with E-state index >= 15 is 0 Å². The van der Waals surface area contributed by atoms with Gasteiger partial charge in [0.1, 0.15) is 23.8 Å². The predicted octanol–water partition coefficient (Wildman–Crippen LogP) is 2.51. The number of carbonyl (C=O) groups excluding carboxylic acids is 1. The average Bonchev–Trinajstić information content (AvgIpc) is 2.96. The fourth-order valence-corrected chi connectivity index (χ4v) is 4.98. The van der Waals surface area contributed by atoms with E-state index in [2.05, 4.69) is 4.98 Å². The molecule has 2 saturated heterocycles. The molecule has 4 rings (SSSR count). The van der Waals surface area contributed by atoms with Crippen molar-refractivity contribution in [1.82, 2.24) is 14.6 Å². The number of aromatic nitrogens is 1. The molecule has 184 valence electrons. The number of likely N-dealkylation sites (tertiary alicyclic amines) is 1. The van der Waals surface area contributed by atoms with Gasteiger partial charge in [-0.2, -0.15) is 0 Å². The first-order chi connectivity index (χ1) is 16.0. The minimum Gasteiger partial charge on any atom is -0.368 e. The fourth-order valence-electron chi connectivity index (χ4n) is 4.10. The van der Waals surface area contributed by atoms with Crippen LogP contribution in [0.2, 0.25) is 0 Å². The molecule has 2 aliphatic heterocycles. The molecule has 3 atom stereocenters. The van der Waals surface area contributed by atoms with Crippen molar-refractivity contribution < 1.29 is 35.5 Å². The molecule has 12 heteroatoms. The quantitative estimate of drug-likeness (QED) is 0.589. The zero-order valence-electron chi connectivity index (χ0n) is 18.2. The summed E-state index contributed by atoms with van der Waals surface area (Å²) < 4.78 is 88.8. The zero-order valence-corrected chi connectivity index (χ0v) is 19.0. The number of alkyl halides is 2. The van der Waals surface area contributed by atoms with E-state index < -0.39 is 64.0 Å². The van der Waals surface area contributed by atoms with E-state index in [1.807, 2.05) is 4.72 Å². The minimum atomic E-state index is -4.02. The van der Waals surface area contributed by atoms with Gasteiger partial charge in [0, 0.05) is 30.2 Å². The number of sulfonamides is 1. The van der Waals surface area contributed by atoms with E-state index in [1.54, 1.807) is 6.07 Å². The van der Waals surface area contributed by atoms with E-state index in [4.69, 9.17) is 4.74 Å². The van der Waals surface area contributed by atoms with Crippen molar-refractivity contribution in [3.63, 3.8) is 0 Å². The highest BCUT2D eigenvalue weighted by Gasteiger charge is 2.58. The van der Waals surface area contributed by atoms with Crippen molar-refractivity contribution in [3.05, 3.63) is 53.7 Å². The number of hydrogen-bond donors (Lipinski definition) is 1. The lowest BCUT2D eigenvalue weighted by molar-refractivity contribution is -0.158. The lowest BCUT2D eigenvalue weighted by atomic mass is 10.0. The predicted molar refractivity (Wildman–Crippen MR) is 114 cm³/mol. The van der Waals surface area contributed by atoms with E-state index in [0.717, 1.165) is 17.0 Å². The number of benzene rings is 1. The SMILES string of the molecule is CCS(=O)(=O)N[C@@H]1[C@H](Cc2cccc(-c3cc(F)cc(F)c3)n2)N(C(=O)C2CCO2)CC1(F)F. The van der Waals surface area contributed by atoms with Gasteiger partial charge in [0.25, 0.3) is 11.8 Å². The Morgan fingerprint density at radius 3 is 2.50 bits per heavy atom. The summed E-state index contributed by atoms with van der Waals surface area (Å²) in [5.74, 6) is -6.19. The third-order valence-corrected chi connectivity index (χ3v) is 7.32. The smallest absolute Gasteiger partial charge is 0.283 e. The van der Waals surface area contributed by atoms with Gasteiger partial charge in [-0.15, -0.1) is 0 Å². The Morgan fingerprint density at radius 1 is 1.24 bits per heavy atom. The highest BCUT2D eigenvalue weighted by atomic mass is 32.2. The molecule has 2 aromatic rings. The number of nitrogens with one attached hydrogen (secondary N) is 1. The molecule has 2 fully saturated rings. The van der Waals surface area contributed by atoms with Crippen LogP contribution in [0.1, 0.15) is 19.0 Å². The van der Waals surface area contributed by atoms with Gasteiger partial charge in [0.15, 0.2) is 0 Å². The molecule has 1 N–H and O–H groups in total. The second kappa shape index (κ2) is 9.23. The average molecular weight is 502 g/mol. The second-order valence-electron chi connectivity index (χ2n) is 8.32. The normalized spacial score (nSPS) is 24.1. The van der Waals surface area contributed by atoms with Gasteiger partial charge in [-0.3, -0.25) is 9.78 Å². The van der Waals surface area contributed by atoms with Crippen LogP contribution < -0.4 is 4.72 Å². The van der Waals surface area contributed by atoms with Crippen LogP contribution in [0.5, 0.6) is 0 Å². The Morgan fingerprint density at radius 2 is 1.91 bits per heavy atom. The molecular formula is C22H23F4N3O4S.